The van der Waals surface area contributed by atoms with Crippen molar-refractivity contribution in [3.63, 3.8) is 0 Å². The average Bonchev–Trinajstić information content (AvgIpc) is 3.31. The van der Waals surface area contributed by atoms with E-state index in [0.29, 0.717) is 35.8 Å². The van der Waals surface area contributed by atoms with Gasteiger partial charge in [-0.25, -0.2) is 13.1 Å². The Hall–Kier alpha value is -2.16. The third-order valence-corrected chi connectivity index (χ3v) is 7.54. The minimum absolute atomic E-state index is 0.0410. The second-order valence-corrected chi connectivity index (χ2v) is 9.28. The van der Waals surface area contributed by atoms with Crippen molar-refractivity contribution in [3.8, 4) is 0 Å². The summed E-state index contributed by atoms with van der Waals surface area (Å²) in [6.45, 7) is 1.07. The number of aromatic amines is 1. The van der Waals surface area contributed by atoms with E-state index in [1.165, 1.54) is 11.3 Å². The Labute approximate surface area is 155 Å². The highest BCUT2D eigenvalue weighted by atomic mass is 32.2. The van der Waals surface area contributed by atoms with E-state index in [1.807, 2.05) is 30.3 Å². The van der Waals surface area contributed by atoms with Crippen molar-refractivity contribution in [2.45, 2.75) is 23.1 Å². The molecular formula is C18H19N3O3S2. The van der Waals surface area contributed by atoms with Crippen LogP contribution in [0.5, 0.6) is 0 Å². The van der Waals surface area contributed by atoms with Crippen molar-refractivity contribution in [1.82, 2.24) is 14.6 Å². The monoisotopic (exact) mass is 389 g/mol. The minimum atomic E-state index is -3.46. The number of carbonyl (C=O) groups is 1. The molecule has 3 aromatic rings. The number of fused-ring (bicyclic) bond motifs is 1. The molecule has 0 atom stereocenters. The maximum Gasteiger partial charge on any atom is 0.270 e. The van der Waals surface area contributed by atoms with E-state index in [1.54, 1.807) is 22.4 Å². The first kappa shape index (κ1) is 17.3. The summed E-state index contributed by atoms with van der Waals surface area (Å²) in [7, 11) is -3.46. The van der Waals surface area contributed by atoms with Gasteiger partial charge in [0.1, 0.15) is 9.90 Å². The smallest absolute Gasteiger partial charge is 0.270 e. The van der Waals surface area contributed by atoms with Gasteiger partial charge in [-0.05, 0) is 36.4 Å². The quantitative estimate of drug-likeness (QED) is 0.720. The molecule has 2 aromatic heterocycles. The zero-order valence-corrected chi connectivity index (χ0v) is 15.6. The van der Waals surface area contributed by atoms with Gasteiger partial charge in [0.25, 0.3) is 5.91 Å². The number of piperidine rings is 1. The van der Waals surface area contributed by atoms with Crippen LogP contribution < -0.4 is 4.72 Å². The highest BCUT2D eigenvalue weighted by molar-refractivity contribution is 7.91. The summed E-state index contributed by atoms with van der Waals surface area (Å²) in [6.07, 6.45) is 1.22. The van der Waals surface area contributed by atoms with Crippen molar-refractivity contribution in [2.75, 3.05) is 13.1 Å². The Bertz CT molecular complexity index is 984. The molecule has 1 aliphatic heterocycles. The average molecular weight is 390 g/mol. The van der Waals surface area contributed by atoms with Gasteiger partial charge < -0.3 is 9.88 Å². The fourth-order valence-electron chi connectivity index (χ4n) is 3.25. The molecule has 3 heterocycles. The van der Waals surface area contributed by atoms with Crippen LogP contribution in [-0.2, 0) is 10.0 Å². The van der Waals surface area contributed by atoms with Crippen molar-refractivity contribution in [2.24, 2.45) is 0 Å². The molecule has 0 radical (unpaired) electrons. The van der Waals surface area contributed by atoms with Gasteiger partial charge in [-0.2, -0.15) is 0 Å². The van der Waals surface area contributed by atoms with Gasteiger partial charge in [0.05, 0.1) is 0 Å². The van der Waals surface area contributed by atoms with E-state index in [2.05, 4.69) is 9.71 Å². The third kappa shape index (κ3) is 3.40. The van der Waals surface area contributed by atoms with Crippen molar-refractivity contribution in [1.29, 1.82) is 0 Å². The second-order valence-electron chi connectivity index (χ2n) is 6.39. The van der Waals surface area contributed by atoms with Gasteiger partial charge in [0.2, 0.25) is 10.0 Å². The summed E-state index contributed by atoms with van der Waals surface area (Å²) in [5.74, 6) is -0.0410. The second kappa shape index (κ2) is 6.86. The summed E-state index contributed by atoms with van der Waals surface area (Å²) in [4.78, 5) is 17.6. The maximum absolute atomic E-state index is 12.7. The van der Waals surface area contributed by atoms with E-state index in [4.69, 9.17) is 0 Å². The molecule has 0 bridgehead atoms. The molecule has 0 spiro atoms. The van der Waals surface area contributed by atoms with Gasteiger partial charge in [0.15, 0.2) is 0 Å². The number of likely N-dealkylation sites (tertiary alicyclic amines) is 1. The lowest BCUT2D eigenvalue weighted by molar-refractivity contribution is 0.0706. The lowest BCUT2D eigenvalue weighted by Crippen LogP contribution is -2.46. The maximum atomic E-state index is 12.7. The van der Waals surface area contributed by atoms with E-state index in [0.717, 1.165) is 10.9 Å². The van der Waals surface area contributed by atoms with E-state index in [9.17, 15) is 13.2 Å². The number of hydrogen-bond acceptors (Lipinski definition) is 4. The molecule has 26 heavy (non-hydrogen) atoms. The van der Waals surface area contributed by atoms with Crippen LogP contribution >= 0.6 is 11.3 Å². The molecule has 6 nitrogen and oxygen atoms in total. The van der Waals surface area contributed by atoms with Crippen molar-refractivity contribution < 1.29 is 13.2 Å². The first-order valence-corrected chi connectivity index (χ1v) is 10.8. The first-order valence-electron chi connectivity index (χ1n) is 8.46. The molecule has 1 aromatic carbocycles. The number of H-pyrrole nitrogens is 1. The number of aromatic nitrogens is 1. The van der Waals surface area contributed by atoms with Crippen LogP contribution in [0.2, 0.25) is 0 Å². The SMILES string of the molecule is O=C(c1cc2ccccc2[nH]1)N1CCC(NS(=O)(=O)c2cccs2)CC1. The zero-order valence-electron chi connectivity index (χ0n) is 14.0. The number of benzene rings is 1. The lowest BCUT2D eigenvalue weighted by Gasteiger charge is -2.31. The highest BCUT2D eigenvalue weighted by Crippen LogP contribution is 2.21. The summed E-state index contributed by atoms with van der Waals surface area (Å²) in [6, 6.07) is 12.8. The summed E-state index contributed by atoms with van der Waals surface area (Å²) in [5.41, 5.74) is 1.51. The van der Waals surface area contributed by atoms with Crippen molar-refractivity contribution in [3.05, 3.63) is 53.5 Å². The number of sulfonamides is 1. The predicted molar refractivity (Wildman–Crippen MR) is 102 cm³/mol. The molecule has 2 N–H and O–H groups in total. The van der Waals surface area contributed by atoms with Crippen LogP contribution in [0.25, 0.3) is 10.9 Å². The lowest BCUT2D eigenvalue weighted by atomic mass is 10.1. The summed E-state index contributed by atoms with van der Waals surface area (Å²) < 4.78 is 27.7. The molecule has 136 valence electrons. The normalized spacial score (nSPS) is 16.2. The van der Waals surface area contributed by atoms with E-state index < -0.39 is 10.0 Å². The molecule has 1 amide bonds. The Kier molecular flexibility index (Phi) is 4.56. The molecule has 8 heteroatoms. The zero-order chi connectivity index (χ0) is 18.1. The number of hydrogen-bond donors (Lipinski definition) is 2. The van der Waals surface area contributed by atoms with Gasteiger partial charge in [-0.15, -0.1) is 11.3 Å². The largest absolute Gasteiger partial charge is 0.351 e. The van der Waals surface area contributed by atoms with Crippen LogP contribution in [0.15, 0.2) is 52.1 Å². The van der Waals surface area contributed by atoms with Gasteiger partial charge in [-0.1, -0.05) is 24.3 Å². The van der Waals surface area contributed by atoms with E-state index >= 15 is 0 Å². The number of nitrogens with zero attached hydrogens (tertiary/aromatic N) is 1. The molecule has 1 fully saturated rings. The molecule has 0 aliphatic carbocycles. The standard InChI is InChI=1S/C18H19N3O3S2/c22-18(16-12-13-4-1-2-5-15(13)19-16)21-9-7-14(8-10-21)20-26(23,24)17-6-3-11-25-17/h1-6,11-12,14,19-20H,7-10H2. The predicted octanol–water partition coefficient (Wildman–Crippen LogP) is 2.81. The Morgan fingerprint density at radius 1 is 1.15 bits per heavy atom. The Morgan fingerprint density at radius 2 is 1.92 bits per heavy atom. The molecule has 0 saturated carbocycles. The molecule has 1 aliphatic rings. The topological polar surface area (TPSA) is 82.3 Å². The van der Waals surface area contributed by atoms with Crippen molar-refractivity contribution >= 4 is 38.2 Å². The summed E-state index contributed by atoms with van der Waals surface area (Å²) >= 11 is 1.20. The number of nitrogens with one attached hydrogen (secondary N) is 2. The van der Waals surface area contributed by atoms with Crippen LogP contribution in [0, 0.1) is 0 Å². The Morgan fingerprint density at radius 3 is 2.62 bits per heavy atom. The number of amides is 1. The number of para-hydroxylation sites is 1. The van der Waals surface area contributed by atoms with Gasteiger partial charge >= 0.3 is 0 Å². The first-order chi connectivity index (χ1) is 12.5. The van der Waals surface area contributed by atoms with Crippen LogP contribution in [-0.4, -0.2) is 43.3 Å². The van der Waals surface area contributed by atoms with Crippen LogP contribution in [0.1, 0.15) is 23.3 Å². The molecular weight excluding hydrogens is 370 g/mol. The van der Waals surface area contributed by atoms with Crippen LogP contribution in [0.3, 0.4) is 0 Å². The number of carbonyl (C=O) groups excluding carboxylic acids is 1. The highest BCUT2D eigenvalue weighted by Gasteiger charge is 2.28. The molecule has 4 rings (SSSR count). The van der Waals surface area contributed by atoms with E-state index in [-0.39, 0.29) is 11.9 Å². The fraction of sp³-hybridized carbons (Fsp3) is 0.278. The van der Waals surface area contributed by atoms with Gasteiger partial charge in [0, 0.05) is 30.0 Å². The summed E-state index contributed by atoms with van der Waals surface area (Å²) in [5, 5.41) is 2.75. The van der Waals surface area contributed by atoms with Crippen LogP contribution in [0.4, 0.5) is 0 Å². The Balaban J connectivity index is 1.39. The molecule has 0 unspecified atom stereocenters. The van der Waals surface area contributed by atoms with Gasteiger partial charge in [-0.3, -0.25) is 4.79 Å². The number of thiophene rings is 1. The number of rotatable bonds is 4. The fourth-order valence-corrected chi connectivity index (χ4v) is 5.57. The third-order valence-electron chi connectivity index (χ3n) is 4.62. The molecule has 1 saturated heterocycles. The minimum Gasteiger partial charge on any atom is -0.351 e.